The molecule has 0 saturated carbocycles. The Hall–Kier alpha value is -2.36. The van der Waals surface area contributed by atoms with Crippen molar-refractivity contribution in [3.8, 4) is 5.75 Å². The van der Waals surface area contributed by atoms with E-state index >= 15 is 0 Å². The van der Waals surface area contributed by atoms with Gasteiger partial charge in [-0.2, -0.15) is 0 Å². The third-order valence-corrected chi connectivity index (χ3v) is 3.29. The summed E-state index contributed by atoms with van der Waals surface area (Å²) in [7, 11) is 1.62. The van der Waals surface area contributed by atoms with Gasteiger partial charge in [-0.05, 0) is 49.6 Å². The van der Waals surface area contributed by atoms with Gasteiger partial charge in [0, 0.05) is 11.4 Å². The predicted octanol–water partition coefficient (Wildman–Crippen LogP) is 3.12. The Kier molecular flexibility index (Phi) is 5.95. The van der Waals surface area contributed by atoms with Gasteiger partial charge in [0.05, 0.1) is 20.1 Å². The second kappa shape index (κ2) is 8.17. The molecule has 2 aromatic rings. The molecule has 4 nitrogen and oxygen atoms in total. The van der Waals surface area contributed by atoms with Gasteiger partial charge in [-0.3, -0.25) is 9.78 Å². The van der Waals surface area contributed by atoms with E-state index < -0.39 is 0 Å². The van der Waals surface area contributed by atoms with Gasteiger partial charge in [-0.15, -0.1) is 0 Å². The second-order valence-corrected chi connectivity index (χ2v) is 5.12. The summed E-state index contributed by atoms with van der Waals surface area (Å²) in [5.74, 6) is 0.574. The predicted molar refractivity (Wildman–Crippen MR) is 85.0 cm³/mol. The average Bonchev–Trinajstić information content (AvgIpc) is 2.52. The minimum atomic E-state index is -0.206. The van der Waals surface area contributed by atoms with Crippen LogP contribution in [0, 0.1) is 6.92 Å². The minimum absolute atomic E-state index is 0.206. The Morgan fingerprint density at radius 2 is 1.91 bits per heavy atom. The molecule has 0 aliphatic heterocycles. The van der Waals surface area contributed by atoms with E-state index in [2.05, 4.69) is 4.98 Å². The fourth-order valence-corrected chi connectivity index (χ4v) is 2.14. The summed E-state index contributed by atoms with van der Waals surface area (Å²) in [6, 6.07) is 13.4. The van der Waals surface area contributed by atoms with Gasteiger partial charge in [0.15, 0.2) is 0 Å². The van der Waals surface area contributed by atoms with Crippen LogP contribution in [0.3, 0.4) is 0 Å². The Bertz CT molecular complexity index is 608. The molecule has 0 atom stereocenters. The van der Waals surface area contributed by atoms with Gasteiger partial charge in [0.25, 0.3) is 0 Å². The van der Waals surface area contributed by atoms with Crippen molar-refractivity contribution in [3.63, 3.8) is 0 Å². The summed E-state index contributed by atoms with van der Waals surface area (Å²) in [5, 5.41) is 0. The Labute approximate surface area is 131 Å². The van der Waals surface area contributed by atoms with Crippen molar-refractivity contribution in [1.29, 1.82) is 0 Å². The van der Waals surface area contributed by atoms with E-state index in [0.717, 1.165) is 35.5 Å². The van der Waals surface area contributed by atoms with Gasteiger partial charge < -0.3 is 9.47 Å². The zero-order valence-corrected chi connectivity index (χ0v) is 13.0. The van der Waals surface area contributed by atoms with Crippen molar-refractivity contribution in [1.82, 2.24) is 4.98 Å². The van der Waals surface area contributed by atoms with Crippen molar-refractivity contribution in [2.45, 2.75) is 26.2 Å². The van der Waals surface area contributed by atoms with E-state index in [1.807, 2.05) is 49.4 Å². The molecule has 0 saturated heterocycles. The molecule has 0 unspecified atom stereocenters. The summed E-state index contributed by atoms with van der Waals surface area (Å²) in [6.45, 7) is 2.39. The summed E-state index contributed by atoms with van der Waals surface area (Å²) < 4.78 is 10.3. The molecule has 2 rings (SSSR count). The van der Waals surface area contributed by atoms with Gasteiger partial charge in [-0.1, -0.05) is 18.2 Å². The molecular formula is C18H21NO3. The summed E-state index contributed by atoms with van der Waals surface area (Å²) in [6.07, 6.45) is 1.88. The van der Waals surface area contributed by atoms with Crippen LogP contribution in [0.25, 0.3) is 0 Å². The average molecular weight is 299 g/mol. The maximum atomic E-state index is 11.8. The van der Waals surface area contributed by atoms with Crippen LogP contribution in [-0.4, -0.2) is 24.7 Å². The quantitative estimate of drug-likeness (QED) is 0.582. The third kappa shape index (κ3) is 5.20. The molecule has 0 amide bonds. The monoisotopic (exact) mass is 299 g/mol. The topological polar surface area (TPSA) is 48.4 Å². The third-order valence-electron chi connectivity index (χ3n) is 3.29. The fourth-order valence-electron chi connectivity index (χ4n) is 2.14. The number of benzene rings is 1. The number of hydrogen-bond acceptors (Lipinski definition) is 4. The number of nitrogens with zero attached hydrogens (tertiary/aromatic N) is 1. The molecule has 0 bridgehead atoms. The number of carbonyl (C=O) groups is 1. The van der Waals surface area contributed by atoms with Crippen molar-refractivity contribution >= 4 is 5.97 Å². The summed E-state index contributed by atoms with van der Waals surface area (Å²) in [5.41, 5.74) is 2.96. The normalized spacial score (nSPS) is 10.3. The zero-order valence-electron chi connectivity index (χ0n) is 13.0. The number of pyridine rings is 1. The van der Waals surface area contributed by atoms with Crippen LogP contribution in [0.4, 0.5) is 0 Å². The maximum absolute atomic E-state index is 11.8. The van der Waals surface area contributed by atoms with E-state index in [1.165, 1.54) is 0 Å². The lowest BCUT2D eigenvalue weighted by Gasteiger charge is -2.06. The highest BCUT2D eigenvalue weighted by molar-refractivity contribution is 5.72. The van der Waals surface area contributed by atoms with Crippen molar-refractivity contribution < 1.29 is 14.3 Å². The van der Waals surface area contributed by atoms with Gasteiger partial charge in [0.2, 0.25) is 0 Å². The molecule has 22 heavy (non-hydrogen) atoms. The largest absolute Gasteiger partial charge is 0.497 e. The van der Waals surface area contributed by atoms with Crippen LogP contribution in [0.1, 0.15) is 23.4 Å². The van der Waals surface area contributed by atoms with Crippen LogP contribution >= 0.6 is 0 Å². The maximum Gasteiger partial charge on any atom is 0.310 e. The highest BCUT2D eigenvalue weighted by Gasteiger charge is 2.05. The Morgan fingerprint density at radius 1 is 1.14 bits per heavy atom. The van der Waals surface area contributed by atoms with E-state index in [-0.39, 0.29) is 12.4 Å². The van der Waals surface area contributed by atoms with E-state index in [4.69, 9.17) is 9.47 Å². The number of hydrogen-bond donors (Lipinski definition) is 0. The van der Waals surface area contributed by atoms with Crippen LogP contribution in [0.5, 0.6) is 5.75 Å². The number of aryl methyl sites for hydroxylation is 2. The van der Waals surface area contributed by atoms with Gasteiger partial charge in [0.1, 0.15) is 5.75 Å². The SMILES string of the molecule is COc1ccc(CC(=O)OCCCc2cccc(C)n2)cc1. The molecule has 0 fully saturated rings. The molecule has 0 aliphatic rings. The zero-order chi connectivity index (χ0) is 15.8. The minimum Gasteiger partial charge on any atom is -0.497 e. The second-order valence-electron chi connectivity index (χ2n) is 5.12. The fraction of sp³-hybridized carbons (Fsp3) is 0.333. The van der Waals surface area contributed by atoms with Gasteiger partial charge in [-0.25, -0.2) is 0 Å². The highest BCUT2D eigenvalue weighted by Crippen LogP contribution is 2.12. The van der Waals surface area contributed by atoms with Crippen LogP contribution < -0.4 is 4.74 Å². The van der Waals surface area contributed by atoms with Crippen LogP contribution in [0.2, 0.25) is 0 Å². The molecule has 0 radical (unpaired) electrons. The number of carbonyl (C=O) groups excluding carboxylic acids is 1. The molecule has 0 N–H and O–H groups in total. The number of methoxy groups -OCH3 is 1. The first-order chi connectivity index (χ1) is 10.7. The lowest BCUT2D eigenvalue weighted by molar-refractivity contribution is -0.142. The number of ether oxygens (including phenoxy) is 2. The van der Waals surface area contributed by atoms with Crippen LogP contribution in [0.15, 0.2) is 42.5 Å². The lowest BCUT2D eigenvalue weighted by atomic mass is 10.1. The highest BCUT2D eigenvalue weighted by atomic mass is 16.5. The van der Waals surface area contributed by atoms with Crippen molar-refractivity contribution in [2.75, 3.05) is 13.7 Å². The van der Waals surface area contributed by atoms with Crippen molar-refractivity contribution in [3.05, 3.63) is 59.4 Å². The van der Waals surface area contributed by atoms with Crippen LogP contribution in [-0.2, 0) is 22.4 Å². The molecular weight excluding hydrogens is 278 g/mol. The molecule has 1 aromatic carbocycles. The first kappa shape index (κ1) is 16.0. The molecule has 1 aromatic heterocycles. The van der Waals surface area contributed by atoms with Crippen molar-refractivity contribution in [2.24, 2.45) is 0 Å². The van der Waals surface area contributed by atoms with E-state index in [0.29, 0.717) is 6.61 Å². The standard InChI is InChI=1S/C18H21NO3/c1-14-5-3-6-16(19-14)7-4-12-22-18(20)13-15-8-10-17(21-2)11-9-15/h3,5-6,8-11H,4,7,12-13H2,1-2H3. The molecule has 4 heteroatoms. The molecule has 1 heterocycles. The molecule has 0 spiro atoms. The first-order valence-electron chi connectivity index (χ1n) is 7.38. The first-order valence-corrected chi connectivity index (χ1v) is 7.38. The Balaban J connectivity index is 1.69. The lowest BCUT2D eigenvalue weighted by Crippen LogP contribution is -2.09. The number of esters is 1. The summed E-state index contributed by atoms with van der Waals surface area (Å²) >= 11 is 0. The van der Waals surface area contributed by atoms with E-state index in [1.54, 1.807) is 7.11 Å². The number of aromatic nitrogens is 1. The van der Waals surface area contributed by atoms with Gasteiger partial charge >= 0.3 is 5.97 Å². The number of rotatable bonds is 7. The Morgan fingerprint density at radius 3 is 2.59 bits per heavy atom. The smallest absolute Gasteiger partial charge is 0.310 e. The van der Waals surface area contributed by atoms with E-state index in [9.17, 15) is 4.79 Å². The molecule has 116 valence electrons. The molecule has 0 aliphatic carbocycles. The summed E-state index contributed by atoms with van der Waals surface area (Å²) in [4.78, 5) is 16.2.